The van der Waals surface area contributed by atoms with E-state index in [1.165, 1.54) is 11.6 Å². The van der Waals surface area contributed by atoms with Crippen LogP contribution in [0.25, 0.3) is 12.8 Å². The molecule has 0 heterocycles. The van der Waals surface area contributed by atoms with E-state index in [0.29, 0.717) is 36.6 Å². The van der Waals surface area contributed by atoms with Gasteiger partial charge >= 0.3 is 6.18 Å². The zero-order valence-electron chi connectivity index (χ0n) is 28.1. The highest BCUT2D eigenvalue weighted by molar-refractivity contribution is 5.96. The molecule has 0 aliphatic rings. The van der Waals surface area contributed by atoms with Crippen molar-refractivity contribution in [2.24, 2.45) is 5.92 Å². The van der Waals surface area contributed by atoms with Crippen LogP contribution in [0.15, 0.2) is 60.7 Å². The van der Waals surface area contributed by atoms with Gasteiger partial charge in [-0.1, -0.05) is 79.6 Å². The monoisotopic (exact) mass is 638 g/mol. The largest absolute Gasteiger partial charge is 0.416 e. The lowest BCUT2D eigenvalue weighted by molar-refractivity contribution is -0.137. The number of benzene rings is 3. The fourth-order valence-corrected chi connectivity index (χ4v) is 5.24. The molecule has 0 aliphatic carbocycles. The fraction of sp³-hybridized carbons (Fsp3) is 0.421. The first-order valence-corrected chi connectivity index (χ1v) is 15.8. The highest BCUT2D eigenvalue weighted by Crippen LogP contribution is 2.29. The maximum Gasteiger partial charge on any atom is 0.416 e. The van der Waals surface area contributed by atoms with Crippen molar-refractivity contribution in [3.8, 4) is 0 Å². The third-order valence-corrected chi connectivity index (χ3v) is 7.77. The number of alkyl halides is 3. The lowest BCUT2D eigenvalue weighted by Gasteiger charge is -2.23. The lowest BCUT2D eigenvalue weighted by atomic mass is 9.94. The quantitative estimate of drug-likeness (QED) is 0.149. The first kappa shape index (κ1) is 38.3. The average Bonchev–Trinajstić information content (AvgIpc) is 2.99. The number of Topliss-reactive ketones (excluding diaryl/α,β-unsaturated/α-hetero) is 1. The molecule has 0 bridgehead atoms. The van der Waals surface area contributed by atoms with E-state index >= 15 is 0 Å². The van der Waals surface area contributed by atoms with E-state index in [-0.39, 0.29) is 11.7 Å². The first-order chi connectivity index (χ1) is 21.8. The molecule has 0 aliphatic heterocycles. The summed E-state index contributed by atoms with van der Waals surface area (Å²) >= 11 is 0. The van der Waals surface area contributed by atoms with Gasteiger partial charge in [0.2, 0.25) is 0 Å². The van der Waals surface area contributed by atoms with Crippen LogP contribution in [-0.2, 0) is 10.9 Å². The van der Waals surface area contributed by atoms with Crippen molar-refractivity contribution < 1.29 is 27.5 Å². The van der Waals surface area contributed by atoms with E-state index < -0.39 is 11.7 Å². The molecule has 3 aromatic carbocycles. The minimum Gasteiger partial charge on any atom is -0.383 e. The minimum absolute atomic E-state index is 0.0982. The predicted octanol–water partition coefficient (Wildman–Crippen LogP) is 7.24. The van der Waals surface area contributed by atoms with Crippen molar-refractivity contribution in [1.82, 2.24) is 10.2 Å². The van der Waals surface area contributed by atoms with Crippen LogP contribution in [0.3, 0.4) is 0 Å². The molecule has 1 amide bonds. The van der Waals surface area contributed by atoms with Gasteiger partial charge in [0.15, 0.2) is 5.78 Å². The van der Waals surface area contributed by atoms with Crippen LogP contribution in [0.2, 0.25) is 0 Å². The molecule has 46 heavy (non-hydrogen) atoms. The summed E-state index contributed by atoms with van der Waals surface area (Å²) in [5.74, 6) is 0.623. The Morgan fingerprint density at radius 2 is 1.70 bits per heavy atom. The molecule has 0 radical (unpaired) electrons. The number of nitrogens with one attached hydrogen (secondary N) is 1. The molecule has 1 atom stereocenters. The highest BCUT2D eigenvalue weighted by atomic mass is 19.4. The number of amides is 1. The third kappa shape index (κ3) is 12.8. The summed E-state index contributed by atoms with van der Waals surface area (Å²) in [6.07, 6.45) is 2.61. The van der Waals surface area contributed by atoms with Crippen LogP contribution >= 0.6 is 0 Å². The summed E-state index contributed by atoms with van der Waals surface area (Å²) in [6.45, 7) is 13.9. The molecular formula is C38H49F3N2O3. The van der Waals surface area contributed by atoms with Crippen molar-refractivity contribution in [3.05, 3.63) is 104 Å². The van der Waals surface area contributed by atoms with Crippen LogP contribution in [0.5, 0.6) is 0 Å². The molecule has 3 rings (SSSR count). The number of methoxy groups -OCH3 is 1. The Morgan fingerprint density at radius 1 is 1.00 bits per heavy atom. The van der Waals surface area contributed by atoms with E-state index in [0.717, 1.165) is 65.9 Å². The van der Waals surface area contributed by atoms with Crippen molar-refractivity contribution in [3.63, 3.8) is 0 Å². The Labute approximate surface area is 272 Å². The predicted molar refractivity (Wildman–Crippen MR) is 181 cm³/mol. The maximum atomic E-state index is 12.6. The number of rotatable bonds is 14. The maximum absolute atomic E-state index is 12.6. The summed E-state index contributed by atoms with van der Waals surface area (Å²) in [5, 5.41) is 4.78. The Bertz CT molecular complexity index is 1520. The van der Waals surface area contributed by atoms with E-state index in [1.54, 1.807) is 20.1 Å². The number of carbonyl (C=O) groups is 2. The minimum atomic E-state index is -4.22. The number of ether oxygens (including phenoxy) is 1. The summed E-state index contributed by atoms with van der Waals surface area (Å²) in [6, 6.07) is 16.8. The zero-order chi connectivity index (χ0) is 34.3. The standard InChI is InChI=1S/C30H42N2O3.C8H7F3/c1-7-9-25(10-8-11-29(33)26-15-12-22(2)13-16-26)20-32(5)21-28-23(3)14-17-27(24(28)4)30(34)31-18-19-35-6;1-6-3-2-4-7(5-6)8(9,10)11/h12-17,21,25H,3,7-11,18-20H2,1-2,4-6H3,(H,31,34);2-5H,1H3/b28-21+;. The fourth-order valence-electron chi connectivity index (χ4n) is 5.24. The van der Waals surface area contributed by atoms with Crippen LogP contribution in [0.1, 0.15) is 82.0 Å². The summed E-state index contributed by atoms with van der Waals surface area (Å²) in [5.41, 5.74) is 3.60. The molecule has 0 saturated heterocycles. The molecule has 5 nitrogen and oxygen atoms in total. The Morgan fingerprint density at radius 3 is 2.28 bits per heavy atom. The van der Waals surface area contributed by atoms with Gasteiger partial charge in [-0.25, -0.2) is 0 Å². The smallest absolute Gasteiger partial charge is 0.383 e. The molecular weight excluding hydrogens is 589 g/mol. The van der Waals surface area contributed by atoms with Gasteiger partial charge in [-0.05, 0) is 68.9 Å². The van der Waals surface area contributed by atoms with Gasteiger partial charge in [0.25, 0.3) is 5.91 Å². The Hall–Kier alpha value is -3.91. The SMILES string of the molecule is C=c1ccc(C(=O)NCCOC)c(C)/c1=C/N(C)CC(CCC)CCCC(=O)c1ccc(C)cc1.Cc1cccc(C(F)(F)F)c1. The molecule has 1 N–H and O–H groups in total. The summed E-state index contributed by atoms with van der Waals surface area (Å²) in [7, 11) is 3.69. The second-order valence-electron chi connectivity index (χ2n) is 11.8. The van der Waals surface area contributed by atoms with E-state index in [1.807, 2.05) is 50.2 Å². The summed E-state index contributed by atoms with van der Waals surface area (Å²) in [4.78, 5) is 27.3. The van der Waals surface area contributed by atoms with Crippen molar-refractivity contribution in [2.75, 3.05) is 33.9 Å². The topological polar surface area (TPSA) is 58.6 Å². The number of nitrogens with zero attached hydrogens (tertiary/aromatic N) is 1. The van der Waals surface area contributed by atoms with Crippen LogP contribution in [0, 0.1) is 26.7 Å². The van der Waals surface area contributed by atoms with Crippen LogP contribution in [-0.4, -0.2) is 50.4 Å². The highest BCUT2D eigenvalue weighted by Gasteiger charge is 2.29. The molecule has 0 fully saturated rings. The van der Waals surface area contributed by atoms with E-state index in [4.69, 9.17) is 4.74 Å². The van der Waals surface area contributed by atoms with Gasteiger partial charge in [-0.15, -0.1) is 0 Å². The average molecular weight is 639 g/mol. The van der Waals surface area contributed by atoms with Gasteiger partial charge < -0.3 is 15.0 Å². The zero-order valence-corrected chi connectivity index (χ0v) is 28.1. The summed E-state index contributed by atoms with van der Waals surface area (Å²) < 4.78 is 40.9. The molecule has 0 spiro atoms. The molecule has 3 aromatic rings. The number of aryl methyl sites for hydroxylation is 2. The number of halogens is 3. The van der Waals surface area contributed by atoms with Gasteiger partial charge in [0, 0.05) is 56.2 Å². The molecule has 250 valence electrons. The van der Waals surface area contributed by atoms with Crippen LogP contribution < -0.4 is 15.8 Å². The van der Waals surface area contributed by atoms with Crippen molar-refractivity contribution in [1.29, 1.82) is 0 Å². The van der Waals surface area contributed by atoms with Gasteiger partial charge in [0.05, 0.1) is 12.2 Å². The third-order valence-electron chi connectivity index (χ3n) is 7.77. The molecule has 1 unspecified atom stereocenters. The lowest BCUT2D eigenvalue weighted by Crippen LogP contribution is -2.35. The van der Waals surface area contributed by atoms with Gasteiger partial charge in [0.1, 0.15) is 0 Å². The van der Waals surface area contributed by atoms with E-state index in [2.05, 4.69) is 37.0 Å². The van der Waals surface area contributed by atoms with Gasteiger partial charge in [-0.3, -0.25) is 9.59 Å². The number of carbonyl (C=O) groups excluding carboxylic acids is 2. The molecule has 0 aromatic heterocycles. The van der Waals surface area contributed by atoms with Crippen molar-refractivity contribution in [2.45, 2.75) is 66.0 Å². The second-order valence-corrected chi connectivity index (χ2v) is 11.8. The number of ketones is 1. The van der Waals surface area contributed by atoms with Gasteiger partial charge in [-0.2, -0.15) is 13.2 Å². The second kappa shape index (κ2) is 18.9. The Balaban J connectivity index is 0.000000562. The van der Waals surface area contributed by atoms with Crippen molar-refractivity contribution >= 4 is 24.5 Å². The number of hydrogen-bond donors (Lipinski definition) is 1. The number of hydrogen-bond acceptors (Lipinski definition) is 4. The first-order valence-electron chi connectivity index (χ1n) is 15.8. The van der Waals surface area contributed by atoms with Crippen LogP contribution in [0.4, 0.5) is 13.2 Å². The Kier molecular flexibility index (Phi) is 15.7. The molecule has 0 saturated carbocycles. The normalized spacial score (nSPS) is 12.2. The molecule has 8 heteroatoms. The van der Waals surface area contributed by atoms with E-state index in [9.17, 15) is 22.8 Å².